The van der Waals surface area contributed by atoms with E-state index in [-0.39, 0.29) is 36.7 Å². The molecule has 0 radical (unpaired) electrons. The molecule has 0 fully saturated rings. The van der Waals surface area contributed by atoms with Crippen molar-refractivity contribution < 1.29 is 106 Å². The Kier molecular flexibility index (Phi) is 24.7. The molecule has 0 aromatic heterocycles. The molecule has 0 amide bonds. The van der Waals surface area contributed by atoms with Crippen molar-refractivity contribution in [1.29, 1.82) is 0 Å². The molecule has 0 aliphatic heterocycles. The van der Waals surface area contributed by atoms with Crippen LogP contribution in [0, 0.1) is 7.43 Å². The van der Waals surface area contributed by atoms with E-state index in [2.05, 4.69) is 60.6 Å². The standard InChI is InChI=1S/C3Cl2F6O.C3Cl2F4O.C3F6O.CH4.CH3.Pd.H2/c4-1(6,7)2(5,8)12-3(9,10)11;4-1(6)2(5)10-3(7,8)9;4-1(5)2(6)10-3(7,8)9;;;;/h;;;1H4;1H3;;1H/q;;;;-1;;/b;2-1+;;;;;. The van der Waals surface area contributed by atoms with E-state index >= 15 is 0 Å². The zero-order valence-electron chi connectivity index (χ0n) is 14.6. The van der Waals surface area contributed by atoms with E-state index in [1.807, 2.05) is 0 Å². The van der Waals surface area contributed by atoms with E-state index in [9.17, 15) is 70.2 Å². The van der Waals surface area contributed by atoms with Gasteiger partial charge in [-0.3, -0.25) is 0 Å². The molecule has 1 atom stereocenters. The fourth-order valence-electron chi connectivity index (χ4n) is 0.484. The zero-order chi connectivity index (χ0) is 26.9. The second-order valence-electron chi connectivity index (χ2n) is 3.73. The van der Waals surface area contributed by atoms with Crippen LogP contribution in [0.2, 0.25) is 0 Å². The van der Waals surface area contributed by atoms with E-state index in [1.54, 1.807) is 0 Å². The average molecular weight is 741 g/mol. The third-order valence-corrected chi connectivity index (χ3v) is 2.45. The van der Waals surface area contributed by atoms with Crippen molar-refractivity contribution in [3.8, 4) is 0 Å². The van der Waals surface area contributed by atoms with Gasteiger partial charge in [0.25, 0.3) is 0 Å². The Labute approximate surface area is 219 Å². The smallest absolute Gasteiger partial charge is 0.390 e. The first-order valence-electron chi connectivity index (χ1n) is 5.75. The van der Waals surface area contributed by atoms with Crippen LogP contribution in [-0.4, -0.2) is 29.8 Å². The molecule has 222 valence electrons. The molecule has 0 saturated heterocycles. The Morgan fingerprint density at radius 2 is 0.943 bits per heavy atom. The van der Waals surface area contributed by atoms with Gasteiger partial charge in [0.2, 0.25) is 10.5 Å². The Bertz CT molecular complexity index is 605. The van der Waals surface area contributed by atoms with Gasteiger partial charge in [0.1, 0.15) is 0 Å². The molecule has 35 heavy (non-hydrogen) atoms. The van der Waals surface area contributed by atoms with E-state index in [0.29, 0.717) is 0 Å². The molecule has 0 N–H and O–H groups in total. The topological polar surface area (TPSA) is 27.7 Å². The molecule has 24 heteroatoms. The largest absolute Gasteiger partial charge is 0.574 e. The molecule has 0 aliphatic rings. The molecule has 0 aromatic carbocycles. The Hall–Kier alpha value is -0.258. The van der Waals surface area contributed by atoms with Gasteiger partial charge in [0.15, 0.2) is 0 Å². The summed E-state index contributed by atoms with van der Waals surface area (Å²) in [6, 6.07) is -2.92. The predicted octanol–water partition coefficient (Wildman–Crippen LogP) is 10.2. The molecule has 0 aliphatic carbocycles. The third-order valence-electron chi connectivity index (χ3n) is 1.28. The van der Waals surface area contributed by atoms with Crippen LogP contribution >= 0.6 is 46.4 Å². The molecule has 0 aromatic rings. The summed E-state index contributed by atoms with van der Waals surface area (Å²) < 4.78 is 186. The van der Waals surface area contributed by atoms with E-state index < -0.39 is 52.4 Å². The second kappa shape index (κ2) is 18.1. The van der Waals surface area contributed by atoms with E-state index in [4.69, 9.17) is 0 Å². The SMILES string of the molecule is C.F/C(Cl)=C(\Cl)OC(F)(F)F.FC(F)(F)OC(F)(Cl)C(F)(F)Cl.FC(F)=C(F)OC(F)(F)F.[CH3-].[HH].[Pd]. The summed E-state index contributed by atoms with van der Waals surface area (Å²) in [6.07, 6.45) is -19.2. The first-order valence-corrected chi connectivity index (χ1v) is 7.27. The summed E-state index contributed by atoms with van der Waals surface area (Å²) in [5.41, 5.74) is 0. The summed E-state index contributed by atoms with van der Waals surface area (Å²) in [5.74, 6) is 0. The minimum atomic E-state index is -5.63. The maximum atomic E-state index is 12.0. The van der Waals surface area contributed by atoms with Crippen molar-refractivity contribution in [3.63, 3.8) is 0 Å². The van der Waals surface area contributed by atoms with Gasteiger partial charge in [0, 0.05) is 21.8 Å². The number of ether oxygens (including phenoxy) is 3. The zero-order valence-corrected chi connectivity index (χ0v) is 19.2. The first-order chi connectivity index (χ1) is 13.6. The second-order valence-corrected chi connectivity index (χ2v) is 5.36. The van der Waals surface area contributed by atoms with E-state index in [1.165, 1.54) is 0 Å². The van der Waals surface area contributed by atoms with Crippen LogP contribution in [0.5, 0.6) is 0 Å². The van der Waals surface area contributed by atoms with Crippen molar-refractivity contribution in [3.05, 3.63) is 30.0 Å². The van der Waals surface area contributed by atoms with Crippen molar-refractivity contribution in [2.45, 2.75) is 37.2 Å². The van der Waals surface area contributed by atoms with Crippen LogP contribution in [0.4, 0.5) is 70.2 Å². The van der Waals surface area contributed by atoms with Crippen LogP contribution in [0.3, 0.4) is 0 Å². The van der Waals surface area contributed by atoms with Crippen molar-refractivity contribution >= 4 is 46.4 Å². The Morgan fingerprint density at radius 1 is 0.629 bits per heavy atom. The van der Waals surface area contributed by atoms with Crippen LogP contribution in [0.15, 0.2) is 22.6 Å². The summed E-state index contributed by atoms with van der Waals surface area (Å²) >= 11 is 16.8. The maximum absolute atomic E-state index is 12.0. The van der Waals surface area contributed by atoms with Gasteiger partial charge in [-0.1, -0.05) is 7.43 Å². The van der Waals surface area contributed by atoms with Crippen LogP contribution in [0.25, 0.3) is 0 Å². The normalized spacial score (nSPS) is 13.8. The monoisotopic (exact) mass is 739 g/mol. The summed E-state index contributed by atoms with van der Waals surface area (Å²) in [7, 11) is 0. The molecular formula is C11H9Cl4F16O3Pd-. The Morgan fingerprint density at radius 3 is 1.03 bits per heavy atom. The van der Waals surface area contributed by atoms with Crippen molar-refractivity contribution in [2.75, 3.05) is 0 Å². The molecule has 3 nitrogen and oxygen atoms in total. The minimum Gasteiger partial charge on any atom is -0.390 e. The molecule has 0 spiro atoms. The van der Waals surface area contributed by atoms with Gasteiger partial charge in [-0.05, 0) is 46.4 Å². The molecule has 0 heterocycles. The van der Waals surface area contributed by atoms with Crippen LogP contribution in [-0.2, 0) is 34.6 Å². The van der Waals surface area contributed by atoms with E-state index in [0.717, 1.165) is 0 Å². The predicted molar refractivity (Wildman–Crippen MR) is 87.4 cm³/mol. The third kappa shape index (κ3) is 31.7. The van der Waals surface area contributed by atoms with Gasteiger partial charge in [0.05, 0.1) is 0 Å². The summed E-state index contributed by atoms with van der Waals surface area (Å²) in [6.45, 7) is 0. The number of rotatable bonds is 4. The average Bonchev–Trinajstić information content (AvgIpc) is 2.40. The molecule has 0 rings (SSSR count). The van der Waals surface area contributed by atoms with Crippen LogP contribution in [0.1, 0.15) is 8.85 Å². The summed E-state index contributed by atoms with van der Waals surface area (Å²) in [4.78, 5) is 0. The molecule has 0 saturated carbocycles. The molecular weight excluding hydrogens is 732 g/mol. The fourth-order valence-corrected chi connectivity index (χ4v) is 0.736. The molecule has 0 bridgehead atoms. The fraction of sp³-hybridized carbons (Fsp3) is 0.545. The van der Waals surface area contributed by atoms with Crippen molar-refractivity contribution in [1.82, 2.24) is 0 Å². The van der Waals surface area contributed by atoms with Gasteiger partial charge >= 0.3 is 41.9 Å². The number of hydrogen-bond acceptors (Lipinski definition) is 3. The van der Waals surface area contributed by atoms with Gasteiger partial charge in [-0.15, -0.1) is 39.5 Å². The number of alkyl halides is 14. The van der Waals surface area contributed by atoms with Gasteiger partial charge in [-0.2, -0.15) is 30.7 Å². The Balaban J connectivity index is -0.0000000667. The van der Waals surface area contributed by atoms with Crippen LogP contribution < -0.4 is 0 Å². The first kappa shape index (κ1) is 47.9. The quantitative estimate of drug-likeness (QED) is 0.0945. The van der Waals surface area contributed by atoms with Gasteiger partial charge < -0.3 is 16.9 Å². The molecule has 1 unspecified atom stereocenters. The number of halogens is 20. The minimum absolute atomic E-state index is 0. The maximum Gasteiger partial charge on any atom is 0.574 e. The van der Waals surface area contributed by atoms with Crippen molar-refractivity contribution in [2.24, 2.45) is 0 Å². The summed E-state index contributed by atoms with van der Waals surface area (Å²) in [5, 5.41) is -13.0. The van der Waals surface area contributed by atoms with Gasteiger partial charge in [-0.25, -0.2) is 4.74 Å². The number of hydrogen-bond donors (Lipinski definition) is 0.